The van der Waals surface area contributed by atoms with Crippen LogP contribution in [0.1, 0.15) is 87.1 Å². The number of thiazole rings is 1. The van der Waals surface area contributed by atoms with E-state index in [0.29, 0.717) is 43.3 Å². The van der Waals surface area contributed by atoms with Gasteiger partial charge in [0.25, 0.3) is 12.3 Å². The van der Waals surface area contributed by atoms with Crippen molar-refractivity contribution in [1.82, 2.24) is 20.2 Å². The second-order valence-electron chi connectivity index (χ2n) is 10.5. The lowest BCUT2D eigenvalue weighted by Crippen LogP contribution is -2.39. The molecule has 2 aliphatic rings. The third kappa shape index (κ3) is 6.19. The number of carbonyl (C=O) groups is 1. The van der Waals surface area contributed by atoms with E-state index in [1.165, 1.54) is 12.3 Å². The quantitative estimate of drug-likeness (QED) is 0.482. The number of likely N-dealkylation sites (tertiary alicyclic amines) is 1. The Morgan fingerprint density at radius 1 is 1.28 bits per heavy atom. The van der Waals surface area contributed by atoms with Crippen LogP contribution in [0, 0.1) is 0 Å². The summed E-state index contributed by atoms with van der Waals surface area (Å²) in [5.74, 6) is -0.0440. The standard InChI is InChI=1S/C25H35F2N5O3S/c1-14-6-5-9-32(14)24(34)19-20(36-23(30-19)22(33)29-15-7-10-35-11-8-15)17-13-28-18(31-25(2,3)4)12-16(17)21(26)27/h12-15,21,24,34H,5-11H2,1-4H3,(H,28,31)(H,29,33)/t14-,24?/m0/s1. The third-order valence-electron chi connectivity index (χ3n) is 6.49. The molecule has 4 heterocycles. The molecule has 4 rings (SSSR count). The average molecular weight is 524 g/mol. The minimum Gasteiger partial charge on any atom is -0.381 e. The van der Waals surface area contributed by atoms with Crippen LogP contribution in [0.3, 0.4) is 0 Å². The molecule has 198 valence electrons. The Bertz CT molecular complexity index is 1070. The molecule has 0 aliphatic carbocycles. The summed E-state index contributed by atoms with van der Waals surface area (Å²) in [5.41, 5.74) is -0.195. The Morgan fingerprint density at radius 3 is 2.61 bits per heavy atom. The van der Waals surface area contributed by atoms with Crippen molar-refractivity contribution in [1.29, 1.82) is 0 Å². The maximum absolute atomic E-state index is 14.3. The number of rotatable bonds is 7. The summed E-state index contributed by atoms with van der Waals surface area (Å²) in [6.45, 7) is 9.58. The van der Waals surface area contributed by atoms with Crippen LogP contribution in [-0.2, 0) is 4.74 Å². The Hall–Kier alpha value is -2.21. The number of pyridine rings is 1. The van der Waals surface area contributed by atoms with Crippen molar-refractivity contribution in [2.75, 3.05) is 25.1 Å². The van der Waals surface area contributed by atoms with Crippen molar-refractivity contribution in [3.63, 3.8) is 0 Å². The van der Waals surface area contributed by atoms with Crippen molar-refractivity contribution < 1.29 is 23.4 Å². The van der Waals surface area contributed by atoms with Gasteiger partial charge in [-0.2, -0.15) is 0 Å². The maximum atomic E-state index is 14.3. The first-order valence-electron chi connectivity index (χ1n) is 12.4. The molecule has 2 atom stereocenters. The van der Waals surface area contributed by atoms with Gasteiger partial charge in [0.05, 0.1) is 4.88 Å². The number of hydrogen-bond acceptors (Lipinski definition) is 8. The van der Waals surface area contributed by atoms with Gasteiger partial charge in [0.15, 0.2) is 11.2 Å². The fourth-order valence-corrected chi connectivity index (χ4v) is 5.68. The smallest absolute Gasteiger partial charge is 0.280 e. The number of anilines is 1. The fraction of sp³-hybridized carbons (Fsp3) is 0.640. The molecule has 8 nitrogen and oxygen atoms in total. The Labute approximate surface area is 214 Å². The van der Waals surface area contributed by atoms with Crippen molar-refractivity contribution in [3.8, 4) is 10.4 Å². The Kier molecular flexibility index (Phi) is 8.23. The van der Waals surface area contributed by atoms with E-state index in [2.05, 4.69) is 20.6 Å². The minimum atomic E-state index is -2.78. The first-order chi connectivity index (χ1) is 17.0. The zero-order valence-corrected chi connectivity index (χ0v) is 22.0. The summed E-state index contributed by atoms with van der Waals surface area (Å²) < 4.78 is 33.9. The van der Waals surface area contributed by atoms with Gasteiger partial charge in [-0.05, 0) is 59.4 Å². The summed E-state index contributed by atoms with van der Waals surface area (Å²) in [7, 11) is 0. The Morgan fingerprint density at radius 2 is 2.00 bits per heavy atom. The lowest BCUT2D eigenvalue weighted by atomic mass is 10.1. The summed E-state index contributed by atoms with van der Waals surface area (Å²) in [6, 6.07) is 1.41. The summed E-state index contributed by atoms with van der Waals surface area (Å²) in [4.78, 5) is 24.2. The predicted octanol–water partition coefficient (Wildman–Crippen LogP) is 4.74. The molecule has 0 spiro atoms. The predicted molar refractivity (Wildman–Crippen MR) is 135 cm³/mol. The lowest BCUT2D eigenvalue weighted by molar-refractivity contribution is -0.00523. The number of aliphatic hydroxyl groups excluding tert-OH is 1. The fourth-order valence-electron chi connectivity index (χ4n) is 4.66. The van der Waals surface area contributed by atoms with Gasteiger partial charge in [-0.3, -0.25) is 9.69 Å². The zero-order valence-electron chi connectivity index (χ0n) is 21.2. The highest BCUT2D eigenvalue weighted by Crippen LogP contribution is 2.41. The van der Waals surface area contributed by atoms with E-state index in [9.17, 15) is 18.7 Å². The van der Waals surface area contributed by atoms with E-state index in [-0.39, 0.29) is 45.4 Å². The van der Waals surface area contributed by atoms with Crippen LogP contribution >= 0.6 is 11.3 Å². The van der Waals surface area contributed by atoms with Crippen LogP contribution in [0.25, 0.3) is 10.4 Å². The van der Waals surface area contributed by atoms with Crippen LogP contribution in [-0.4, -0.2) is 63.3 Å². The number of hydrogen-bond donors (Lipinski definition) is 3. The molecule has 36 heavy (non-hydrogen) atoms. The maximum Gasteiger partial charge on any atom is 0.280 e. The molecule has 0 bridgehead atoms. The van der Waals surface area contributed by atoms with E-state index in [1.807, 2.05) is 32.6 Å². The topological polar surface area (TPSA) is 99.6 Å². The van der Waals surface area contributed by atoms with Crippen LogP contribution in [0.5, 0.6) is 0 Å². The molecule has 2 aliphatic heterocycles. The van der Waals surface area contributed by atoms with E-state index in [1.54, 1.807) is 0 Å². The van der Waals surface area contributed by atoms with Gasteiger partial charge in [-0.1, -0.05) is 0 Å². The van der Waals surface area contributed by atoms with Gasteiger partial charge < -0.3 is 20.5 Å². The summed E-state index contributed by atoms with van der Waals surface area (Å²) in [5, 5.41) is 17.5. The van der Waals surface area contributed by atoms with Crippen LogP contribution < -0.4 is 10.6 Å². The number of nitrogens with zero attached hydrogens (tertiary/aromatic N) is 3. The highest BCUT2D eigenvalue weighted by molar-refractivity contribution is 7.17. The summed E-state index contributed by atoms with van der Waals surface area (Å²) >= 11 is 1.01. The van der Waals surface area contributed by atoms with Gasteiger partial charge in [-0.25, -0.2) is 18.7 Å². The highest BCUT2D eigenvalue weighted by Gasteiger charge is 2.34. The zero-order chi connectivity index (χ0) is 26.0. The van der Waals surface area contributed by atoms with E-state index >= 15 is 0 Å². The molecule has 1 unspecified atom stereocenters. The van der Waals surface area contributed by atoms with Crippen molar-refractivity contribution in [2.24, 2.45) is 0 Å². The average Bonchev–Trinajstić information content (AvgIpc) is 3.45. The molecule has 2 aromatic heterocycles. The molecule has 0 radical (unpaired) electrons. The third-order valence-corrected chi connectivity index (χ3v) is 7.59. The summed E-state index contributed by atoms with van der Waals surface area (Å²) in [6.07, 6.45) is 0.736. The highest BCUT2D eigenvalue weighted by atomic mass is 32.1. The molecule has 0 aromatic carbocycles. The minimum absolute atomic E-state index is 0.0355. The first-order valence-corrected chi connectivity index (χ1v) is 13.2. The molecule has 0 saturated carbocycles. The van der Waals surface area contributed by atoms with Gasteiger partial charge in [0.1, 0.15) is 11.5 Å². The molecule has 2 saturated heterocycles. The number of halogens is 2. The second-order valence-corrected chi connectivity index (χ2v) is 11.5. The number of carbonyl (C=O) groups excluding carboxylic acids is 1. The first kappa shape index (κ1) is 26.8. The normalized spacial score (nSPS) is 20.6. The van der Waals surface area contributed by atoms with Crippen molar-refractivity contribution in [3.05, 3.63) is 28.5 Å². The Balaban J connectivity index is 1.74. The molecule has 2 fully saturated rings. The van der Waals surface area contributed by atoms with E-state index < -0.39 is 12.7 Å². The number of amides is 1. The van der Waals surface area contributed by atoms with Crippen LogP contribution in [0.15, 0.2) is 12.3 Å². The monoisotopic (exact) mass is 523 g/mol. The molecule has 3 N–H and O–H groups in total. The molecular weight excluding hydrogens is 488 g/mol. The number of nitrogens with one attached hydrogen (secondary N) is 2. The van der Waals surface area contributed by atoms with Gasteiger partial charge in [-0.15, -0.1) is 11.3 Å². The number of ether oxygens (including phenoxy) is 1. The van der Waals surface area contributed by atoms with E-state index in [4.69, 9.17) is 4.74 Å². The van der Waals surface area contributed by atoms with Crippen LogP contribution in [0.2, 0.25) is 0 Å². The van der Waals surface area contributed by atoms with Crippen molar-refractivity contribution in [2.45, 2.75) is 83.7 Å². The van der Waals surface area contributed by atoms with Gasteiger partial charge >= 0.3 is 0 Å². The number of aliphatic hydroxyl groups is 1. The number of alkyl halides is 2. The molecular formula is C25H35F2N5O3S. The number of aromatic nitrogens is 2. The molecule has 2 aromatic rings. The molecule has 1 amide bonds. The van der Waals surface area contributed by atoms with E-state index in [0.717, 1.165) is 24.2 Å². The van der Waals surface area contributed by atoms with Gasteiger partial charge in [0.2, 0.25) is 0 Å². The van der Waals surface area contributed by atoms with Gasteiger partial charge in [0, 0.05) is 54.7 Å². The second kappa shape index (κ2) is 11.0. The van der Waals surface area contributed by atoms with Crippen molar-refractivity contribution >= 4 is 23.1 Å². The molecule has 11 heteroatoms. The SMILES string of the molecule is C[C@H]1CCCN1C(O)c1nc(C(=O)NC2CCOCC2)sc1-c1cnc(NC(C)(C)C)cc1C(F)F. The van der Waals surface area contributed by atoms with Crippen LogP contribution in [0.4, 0.5) is 14.6 Å². The largest absolute Gasteiger partial charge is 0.381 e. The lowest BCUT2D eigenvalue weighted by Gasteiger charge is -2.27.